The van der Waals surface area contributed by atoms with Crippen molar-refractivity contribution in [3.05, 3.63) is 62.5 Å². The summed E-state index contributed by atoms with van der Waals surface area (Å²) in [5.41, 5.74) is 1.02. The van der Waals surface area contributed by atoms with Gasteiger partial charge in [0.05, 0.1) is 22.0 Å². The van der Waals surface area contributed by atoms with Gasteiger partial charge in [0.2, 0.25) is 21.8 Å². The normalized spacial score (nSPS) is 15.2. The number of anilines is 1. The van der Waals surface area contributed by atoms with E-state index in [1.165, 1.54) is 4.90 Å². The fourth-order valence-corrected chi connectivity index (χ4v) is 5.64. The van der Waals surface area contributed by atoms with Crippen molar-refractivity contribution < 1.29 is 18.0 Å². The van der Waals surface area contributed by atoms with Gasteiger partial charge in [-0.25, -0.2) is 8.42 Å². The Morgan fingerprint density at radius 1 is 1.06 bits per heavy atom. The van der Waals surface area contributed by atoms with E-state index >= 15 is 0 Å². The van der Waals surface area contributed by atoms with E-state index in [9.17, 15) is 18.0 Å². The first-order chi connectivity index (χ1) is 17.0. The molecule has 0 bridgehead atoms. The molecule has 0 spiro atoms. The summed E-state index contributed by atoms with van der Waals surface area (Å²) in [6.07, 6.45) is 6.13. The number of rotatable bonds is 9. The summed E-state index contributed by atoms with van der Waals surface area (Å²) in [4.78, 5) is 28.2. The summed E-state index contributed by atoms with van der Waals surface area (Å²) < 4.78 is 27.0. The van der Waals surface area contributed by atoms with Gasteiger partial charge >= 0.3 is 0 Å². The Labute approximate surface area is 231 Å². The number of sulfonamides is 1. The van der Waals surface area contributed by atoms with Crippen LogP contribution >= 0.6 is 39.1 Å². The molecular weight excluding hydrogens is 589 g/mol. The van der Waals surface area contributed by atoms with Crippen molar-refractivity contribution in [3.63, 3.8) is 0 Å². The fraction of sp³-hybridized carbons (Fsp3) is 0.440. The number of nitrogens with zero attached hydrogens (tertiary/aromatic N) is 2. The summed E-state index contributed by atoms with van der Waals surface area (Å²) >= 11 is 15.6. The molecule has 1 N–H and O–H groups in total. The average Bonchev–Trinajstić information content (AvgIpc) is 2.83. The molecule has 3 rings (SSSR count). The number of carbonyl (C=O) groups excluding carboxylic acids is 2. The number of hydrogen-bond acceptors (Lipinski definition) is 4. The molecule has 0 saturated heterocycles. The molecule has 0 aliphatic heterocycles. The fourth-order valence-electron chi connectivity index (χ4n) is 4.21. The van der Waals surface area contributed by atoms with Gasteiger partial charge in [-0.1, -0.05) is 64.5 Å². The van der Waals surface area contributed by atoms with Gasteiger partial charge in [0.25, 0.3) is 0 Å². The number of amides is 2. The van der Waals surface area contributed by atoms with E-state index in [1.54, 1.807) is 49.4 Å². The molecule has 2 amide bonds. The second-order valence-corrected chi connectivity index (χ2v) is 12.7. The Bertz CT molecular complexity index is 1190. The first kappa shape index (κ1) is 28.8. The summed E-state index contributed by atoms with van der Waals surface area (Å²) in [5.74, 6) is -0.787. The summed E-state index contributed by atoms with van der Waals surface area (Å²) in [6, 6.07) is 10.9. The maximum absolute atomic E-state index is 13.6. The molecule has 0 aromatic heterocycles. The van der Waals surface area contributed by atoms with Gasteiger partial charge in [-0.2, -0.15) is 0 Å². The maximum Gasteiger partial charge on any atom is 0.244 e. The van der Waals surface area contributed by atoms with Crippen molar-refractivity contribution in [2.45, 2.75) is 57.7 Å². The first-order valence-corrected chi connectivity index (χ1v) is 15.1. The standard InChI is InChI=1S/C25H30BrCl2N3O4S/c1-17(25(33)29-20-6-4-3-5-7-20)30(15-18-8-13-22(27)23(28)14-18)24(32)16-31(36(2,34)35)21-11-9-19(26)10-12-21/h8-14,17,20H,3-7,15-16H2,1-2H3,(H,29,33)/t17-/m1/s1. The van der Waals surface area contributed by atoms with Crippen LogP contribution in [0.2, 0.25) is 10.0 Å². The van der Waals surface area contributed by atoms with Gasteiger partial charge < -0.3 is 10.2 Å². The average molecular weight is 619 g/mol. The molecule has 7 nitrogen and oxygen atoms in total. The Balaban J connectivity index is 1.88. The Morgan fingerprint density at radius 3 is 2.28 bits per heavy atom. The van der Waals surface area contributed by atoms with Crippen LogP contribution in [-0.4, -0.2) is 50.0 Å². The Morgan fingerprint density at radius 2 is 1.69 bits per heavy atom. The third-order valence-electron chi connectivity index (χ3n) is 6.25. The van der Waals surface area contributed by atoms with Crippen molar-refractivity contribution >= 4 is 66.7 Å². The van der Waals surface area contributed by atoms with Crippen molar-refractivity contribution in [2.24, 2.45) is 0 Å². The van der Waals surface area contributed by atoms with Gasteiger partial charge in [0.1, 0.15) is 12.6 Å². The van der Waals surface area contributed by atoms with E-state index in [4.69, 9.17) is 23.2 Å². The minimum atomic E-state index is -3.78. The SMILES string of the molecule is C[C@H](C(=O)NC1CCCCC1)N(Cc1ccc(Cl)c(Cl)c1)C(=O)CN(c1ccc(Br)cc1)S(C)(=O)=O. The second-order valence-electron chi connectivity index (χ2n) is 9.04. The van der Waals surface area contributed by atoms with Crippen LogP contribution in [0.25, 0.3) is 0 Å². The topological polar surface area (TPSA) is 86.8 Å². The van der Waals surface area contributed by atoms with Crippen LogP contribution in [0.4, 0.5) is 5.69 Å². The highest BCUT2D eigenvalue weighted by atomic mass is 79.9. The van der Waals surface area contributed by atoms with Crippen LogP contribution in [0.1, 0.15) is 44.6 Å². The molecule has 1 atom stereocenters. The summed E-state index contributed by atoms with van der Waals surface area (Å²) in [6.45, 7) is 1.26. The Kier molecular flexibility index (Phi) is 10.1. The van der Waals surface area contributed by atoms with E-state index in [-0.39, 0.29) is 18.5 Å². The lowest BCUT2D eigenvalue weighted by Gasteiger charge is -2.33. The van der Waals surface area contributed by atoms with Gasteiger partial charge in [0, 0.05) is 17.1 Å². The predicted molar refractivity (Wildman–Crippen MR) is 148 cm³/mol. The number of halogens is 3. The molecule has 1 aliphatic carbocycles. The van der Waals surface area contributed by atoms with Crippen molar-refractivity contribution in [1.82, 2.24) is 10.2 Å². The van der Waals surface area contributed by atoms with E-state index in [0.717, 1.165) is 47.1 Å². The third-order valence-corrected chi connectivity index (χ3v) is 8.66. The predicted octanol–water partition coefficient (Wildman–Crippen LogP) is 5.39. The highest BCUT2D eigenvalue weighted by molar-refractivity contribution is 9.10. The third kappa shape index (κ3) is 7.84. The van der Waals surface area contributed by atoms with Crippen LogP contribution in [-0.2, 0) is 26.2 Å². The van der Waals surface area contributed by atoms with Crippen LogP contribution in [0.3, 0.4) is 0 Å². The van der Waals surface area contributed by atoms with E-state index in [2.05, 4.69) is 21.2 Å². The van der Waals surface area contributed by atoms with E-state index in [1.807, 2.05) is 0 Å². The molecule has 2 aromatic carbocycles. The zero-order valence-corrected chi connectivity index (χ0v) is 24.1. The highest BCUT2D eigenvalue weighted by Crippen LogP contribution is 2.25. The highest BCUT2D eigenvalue weighted by Gasteiger charge is 2.31. The molecular formula is C25H30BrCl2N3O4S. The van der Waals surface area contributed by atoms with E-state index < -0.39 is 28.5 Å². The first-order valence-electron chi connectivity index (χ1n) is 11.7. The summed E-state index contributed by atoms with van der Waals surface area (Å²) in [5, 5.41) is 3.77. The van der Waals surface area contributed by atoms with Gasteiger partial charge in [-0.3, -0.25) is 13.9 Å². The lowest BCUT2D eigenvalue weighted by Crippen LogP contribution is -2.52. The quantitative estimate of drug-likeness (QED) is 0.408. The second kappa shape index (κ2) is 12.6. The maximum atomic E-state index is 13.6. The molecule has 1 aliphatic rings. The van der Waals surface area contributed by atoms with Crippen LogP contribution < -0.4 is 9.62 Å². The molecule has 0 radical (unpaired) electrons. The molecule has 11 heteroatoms. The lowest BCUT2D eigenvalue weighted by atomic mass is 9.95. The van der Waals surface area contributed by atoms with Crippen LogP contribution in [0.15, 0.2) is 46.9 Å². The zero-order chi connectivity index (χ0) is 26.5. The molecule has 2 aromatic rings. The lowest BCUT2D eigenvalue weighted by molar-refractivity contribution is -0.139. The number of nitrogens with one attached hydrogen (secondary N) is 1. The van der Waals surface area contributed by atoms with E-state index in [0.29, 0.717) is 21.3 Å². The minimum Gasteiger partial charge on any atom is -0.352 e. The largest absolute Gasteiger partial charge is 0.352 e. The monoisotopic (exact) mass is 617 g/mol. The number of benzene rings is 2. The number of hydrogen-bond donors (Lipinski definition) is 1. The van der Waals surface area contributed by atoms with Crippen molar-refractivity contribution in [1.29, 1.82) is 0 Å². The molecule has 0 unspecified atom stereocenters. The van der Waals surface area contributed by atoms with Crippen molar-refractivity contribution in [3.8, 4) is 0 Å². The van der Waals surface area contributed by atoms with Crippen LogP contribution in [0.5, 0.6) is 0 Å². The molecule has 1 fully saturated rings. The van der Waals surface area contributed by atoms with Gasteiger partial charge in [-0.15, -0.1) is 0 Å². The Hall–Kier alpha value is -1.81. The van der Waals surface area contributed by atoms with Gasteiger partial charge in [-0.05, 0) is 61.7 Å². The number of carbonyl (C=O) groups is 2. The zero-order valence-electron chi connectivity index (χ0n) is 20.2. The summed E-state index contributed by atoms with van der Waals surface area (Å²) in [7, 11) is -3.78. The molecule has 1 saturated carbocycles. The van der Waals surface area contributed by atoms with Crippen LogP contribution in [0, 0.1) is 0 Å². The molecule has 196 valence electrons. The minimum absolute atomic E-state index is 0.0624. The smallest absolute Gasteiger partial charge is 0.244 e. The molecule has 36 heavy (non-hydrogen) atoms. The van der Waals surface area contributed by atoms with Gasteiger partial charge in [0.15, 0.2) is 0 Å². The molecule has 0 heterocycles. The van der Waals surface area contributed by atoms with Crippen molar-refractivity contribution in [2.75, 3.05) is 17.1 Å².